The van der Waals surface area contributed by atoms with Gasteiger partial charge in [0.05, 0.1) is 0 Å². The maximum absolute atomic E-state index is 3.58. The van der Waals surface area contributed by atoms with Crippen molar-refractivity contribution >= 4 is 11.3 Å². The predicted molar refractivity (Wildman–Crippen MR) is 85.9 cm³/mol. The van der Waals surface area contributed by atoms with E-state index in [1.807, 2.05) is 11.3 Å². The summed E-state index contributed by atoms with van der Waals surface area (Å²) in [5, 5.41) is 3.58. The monoisotopic (exact) mass is 277 g/mol. The number of hydrogen-bond donors (Lipinski definition) is 1. The van der Waals surface area contributed by atoms with Crippen LogP contribution in [0.4, 0.5) is 0 Å². The number of thiophene rings is 1. The van der Waals surface area contributed by atoms with Crippen LogP contribution >= 0.6 is 11.3 Å². The van der Waals surface area contributed by atoms with E-state index >= 15 is 0 Å². The Hall–Kier alpha value is -0.600. The molecule has 1 aliphatic rings. The van der Waals surface area contributed by atoms with Crippen LogP contribution in [0, 0.1) is 0 Å². The zero-order valence-electron chi connectivity index (χ0n) is 12.6. The highest BCUT2D eigenvalue weighted by Gasteiger charge is 2.15. The van der Waals surface area contributed by atoms with E-state index in [0.29, 0.717) is 0 Å². The molecule has 0 amide bonds. The Morgan fingerprint density at radius 2 is 2.05 bits per heavy atom. The highest BCUT2D eigenvalue weighted by molar-refractivity contribution is 7.12. The second kappa shape index (κ2) is 6.71. The molecule has 0 saturated carbocycles. The second-order valence-corrected chi connectivity index (χ2v) is 7.72. The van der Waals surface area contributed by atoms with Crippen LogP contribution in [0.1, 0.15) is 62.6 Å². The molecule has 1 aromatic rings. The van der Waals surface area contributed by atoms with Crippen LogP contribution in [0.3, 0.4) is 0 Å². The van der Waals surface area contributed by atoms with Gasteiger partial charge in [0.15, 0.2) is 0 Å². The van der Waals surface area contributed by atoms with Crippen LogP contribution < -0.4 is 5.32 Å². The summed E-state index contributed by atoms with van der Waals surface area (Å²) in [4.78, 5) is 2.95. The molecule has 0 aromatic carbocycles. The lowest BCUT2D eigenvalue weighted by Gasteiger charge is -2.15. The van der Waals surface area contributed by atoms with E-state index < -0.39 is 0 Å². The zero-order valence-corrected chi connectivity index (χ0v) is 13.4. The number of allylic oxidation sites excluding steroid dienone is 1. The molecule has 0 aliphatic heterocycles. The molecule has 1 heterocycles. The van der Waals surface area contributed by atoms with E-state index in [9.17, 15) is 0 Å². The van der Waals surface area contributed by atoms with Gasteiger partial charge in [-0.1, -0.05) is 32.4 Å². The third-order valence-electron chi connectivity index (χ3n) is 3.71. The van der Waals surface area contributed by atoms with Gasteiger partial charge < -0.3 is 5.32 Å². The largest absolute Gasteiger partial charge is 0.312 e. The number of rotatable bonds is 5. The topological polar surface area (TPSA) is 12.0 Å². The van der Waals surface area contributed by atoms with Gasteiger partial charge in [-0.15, -0.1) is 11.3 Å². The molecule has 2 heteroatoms. The Kier molecular flexibility index (Phi) is 5.23. The summed E-state index contributed by atoms with van der Waals surface area (Å²) >= 11 is 1.95. The SMILES string of the molecule is CC(C)(C)c1ccc(CNCCC2=CCCCC2)s1. The van der Waals surface area contributed by atoms with Gasteiger partial charge >= 0.3 is 0 Å². The molecule has 106 valence electrons. The maximum Gasteiger partial charge on any atom is 0.0299 e. The molecule has 0 atom stereocenters. The fraction of sp³-hybridized carbons (Fsp3) is 0.647. The lowest BCUT2D eigenvalue weighted by Crippen LogP contribution is -2.15. The average molecular weight is 277 g/mol. The van der Waals surface area contributed by atoms with E-state index in [1.54, 1.807) is 5.57 Å². The predicted octanol–water partition coefficient (Wildman–Crippen LogP) is 5.03. The van der Waals surface area contributed by atoms with Crippen molar-refractivity contribution in [3.8, 4) is 0 Å². The van der Waals surface area contributed by atoms with Gasteiger partial charge in [-0.25, -0.2) is 0 Å². The minimum absolute atomic E-state index is 0.288. The van der Waals surface area contributed by atoms with E-state index in [0.717, 1.165) is 13.1 Å². The van der Waals surface area contributed by atoms with Gasteiger partial charge in [0.1, 0.15) is 0 Å². The molecule has 1 aromatic heterocycles. The van der Waals surface area contributed by atoms with Gasteiger partial charge in [-0.2, -0.15) is 0 Å². The van der Waals surface area contributed by atoms with Crippen LogP contribution in [0.15, 0.2) is 23.8 Å². The van der Waals surface area contributed by atoms with Crippen LogP contribution in [0.25, 0.3) is 0 Å². The summed E-state index contributed by atoms with van der Waals surface area (Å²) in [6, 6.07) is 4.56. The summed E-state index contributed by atoms with van der Waals surface area (Å²) in [7, 11) is 0. The second-order valence-electron chi connectivity index (χ2n) is 6.55. The number of hydrogen-bond acceptors (Lipinski definition) is 2. The highest BCUT2D eigenvalue weighted by Crippen LogP contribution is 2.29. The Morgan fingerprint density at radius 3 is 2.68 bits per heavy atom. The quantitative estimate of drug-likeness (QED) is 0.588. The fourth-order valence-electron chi connectivity index (χ4n) is 2.47. The standard InChI is InChI=1S/C17H27NS/c1-17(2,3)16-10-9-15(19-16)13-18-12-11-14-7-5-4-6-8-14/h7,9-10,18H,4-6,8,11-13H2,1-3H3. The van der Waals surface area contributed by atoms with Crippen molar-refractivity contribution in [2.24, 2.45) is 0 Å². The van der Waals surface area contributed by atoms with Crippen LogP contribution in [0.2, 0.25) is 0 Å². The zero-order chi connectivity index (χ0) is 13.7. The van der Waals surface area contributed by atoms with Crippen molar-refractivity contribution in [1.29, 1.82) is 0 Å². The Bertz CT molecular complexity index is 423. The average Bonchev–Trinajstić information content (AvgIpc) is 2.85. The molecular weight excluding hydrogens is 250 g/mol. The van der Waals surface area contributed by atoms with Gasteiger partial charge in [0, 0.05) is 16.3 Å². The van der Waals surface area contributed by atoms with Gasteiger partial charge in [-0.3, -0.25) is 0 Å². The van der Waals surface area contributed by atoms with Gasteiger partial charge in [0.2, 0.25) is 0 Å². The lowest BCUT2D eigenvalue weighted by molar-refractivity contribution is 0.604. The van der Waals surface area contributed by atoms with Gasteiger partial charge in [-0.05, 0) is 56.2 Å². The maximum atomic E-state index is 3.58. The molecule has 1 N–H and O–H groups in total. The summed E-state index contributed by atoms with van der Waals surface area (Å²) in [5.41, 5.74) is 1.95. The molecule has 2 rings (SSSR count). The smallest absolute Gasteiger partial charge is 0.0299 e. The Balaban J connectivity index is 1.71. The first-order chi connectivity index (χ1) is 9.05. The van der Waals surface area contributed by atoms with Crippen molar-refractivity contribution in [2.45, 2.75) is 64.8 Å². The van der Waals surface area contributed by atoms with Crippen LogP contribution in [0.5, 0.6) is 0 Å². The molecule has 1 aliphatic carbocycles. The number of nitrogens with one attached hydrogen (secondary N) is 1. The van der Waals surface area contributed by atoms with E-state index in [1.165, 1.54) is 41.9 Å². The van der Waals surface area contributed by atoms with Crippen molar-refractivity contribution in [2.75, 3.05) is 6.54 Å². The first-order valence-electron chi connectivity index (χ1n) is 7.53. The highest BCUT2D eigenvalue weighted by atomic mass is 32.1. The summed E-state index contributed by atoms with van der Waals surface area (Å²) in [6.07, 6.45) is 9.10. The lowest BCUT2D eigenvalue weighted by atomic mass is 9.95. The van der Waals surface area contributed by atoms with Crippen LogP contribution in [-0.4, -0.2) is 6.54 Å². The molecule has 0 fully saturated rings. The molecule has 19 heavy (non-hydrogen) atoms. The third-order valence-corrected chi connectivity index (χ3v) is 5.22. The molecular formula is C17H27NS. The molecule has 0 radical (unpaired) electrons. The fourth-order valence-corrected chi connectivity index (χ4v) is 3.50. The Labute approximate surface area is 122 Å². The molecule has 0 spiro atoms. The first kappa shape index (κ1) is 14.8. The van der Waals surface area contributed by atoms with Crippen molar-refractivity contribution in [1.82, 2.24) is 5.32 Å². The molecule has 0 bridgehead atoms. The summed E-state index contributed by atoms with van der Waals surface area (Å²) in [5.74, 6) is 0. The summed E-state index contributed by atoms with van der Waals surface area (Å²) in [6.45, 7) is 8.99. The minimum Gasteiger partial charge on any atom is -0.312 e. The molecule has 0 saturated heterocycles. The summed E-state index contributed by atoms with van der Waals surface area (Å²) < 4.78 is 0. The van der Waals surface area contributed by atoms with E-state index in [-0.39, 0.29) is 5.41 Å². The van der Waals surface area contributed by atoms with Gasteiger partial charge in [0.25, 0.3) is 0 Å². The van der Waals surface area contributed by atoms with Crippen molar-refractivity contribution in [3.05, 3.63) is 33.5 Å². The third kappa shape index (κ3) is 4.77. The minimum atomic E-state index is 0.288. The Morgan fingerprint density at radius 1 is 1.21 bits per heavy atom. The first-order valence-corrected chi connectivity index (χ1v) is 8.35. The molecule has 0 unspecified atom stereocenters. The van der Waals surface area contributed by atoms with Crippen molar-refractivity contribution < 1.29 is 0 Å². The normalized spacial score (nSPS) is 16.5. The van der Waals surface area contributed by atoms with E-state index in [4.69, 9.17) is 0 Å². The molecule has 1 nitrogen and oxygen atoms in total. The van der Waals surface area contributed by atoms with Crippen LogP contribution in [-0.2, 0) is 12.0 Å². The van der Waals surface area contributed by atoms with E-state index in [2.05, 4.69) is 44.3 Å². The van der Waals surface area contributed by atoms with Crippen molar-refractivity contribution in [3.63, 3.8) is 0 Å².